The number of nitriles is 1. The van der Waals surface area contributed by atoms with Crippen LogP contribution in [0.25, 0.3) is 0 Å². The standard InChI is InChI=1S/C8H8N4O3.Na/c1-4-5(2-6(13)14)7(15)12-8(11-4)10-3-9;/h2H2,1H3,(H,13,14)(H2,10,11,12,15);/q;+1/p-1. The maximum atomic E-state index is 11.3. The molecule has 0 unspecified atom stereocenters. The normalized spacial score (nSPS) is 8.75. The van der Waals surface area contributed by atoms with Crippen LogP contribution in [0.3, 0.4) is 0 Å². The minimum atomic E-state index is -1.36. The number of carbonyl (C=O) groups is 1. The summed E-state index contributed by atoms with van der Waals surface area (Å²) in [5.74, 6) is -1.37. The Balaban J connectivity index is 0.00000225. The van der Waals surface area contributed by atoms with E-state index in [0.717, 1.165) is 0 Å². The van der Waals surface area contributed by atoms with E-state index < -0.39 is 17.9 Å². The van der Waals surface area contributed by atoms with Crippen LogP contribution >= 0.6 is 0 Å². The van der Waals surface area contributed by atoms with Crippen molar-refractivity contribution >= 4 is 11.9 Å². The van der Waals surface area contributed by atoms with E-state index in [2.05, 4.69) is 15.3 Å². The molecule has 0 atom stereocenters. The molecule has 0 aromatic carbocycles. The molecule has 78 valence electrons. The summed E-state index contributed by atoms with van der Waals surface area (Å²) < 4.78 is 0. The van der Waals surface area contributed by atoms with E-state index in [9.17, 15) is 14.7 Å². The average Bonchev–Trinajstić information content (AvgIpc) is 2.11. The van der Waals surface area contributed by atoms with E-state index in [-0.39, 0.29) is 46.8 Å². The van der Waals surface area contributed by atoms with Gasteiger partial charge in [-0.1, -0.05) is 0 Å². The van der Waals surface area contributed by atoms with E-state index in [1.807, 2.05) is 0 Å². The topological polar surface area (TPSA) is 122 Å². The molecule has 7 nitrogen and oxygen atoms in total. The summed E-state index contributed by atoms with van der Waals surface area (Å²) in [5.41, 5.74) is -0.316. The van der Waals surface area contributed by atoms with E-state index in [1.165, 1.54) is 6.92 Å². The Labute approximate surface area is 113 Å². The molecule has 0 aliphatic rings. The Hall–Kier alpha value is -1.36. The van der Waals surface area contributed by atoms with Gasteiger partial charge in [0.1, 0.15) is 0 Å². The first-order chi connectivity index (χ1) is 7.04. The molecule has 0 amide bonds. The molecule has 1 aromatic heterocycles. The summed E-state index contributed by atoms with van der Waals surface area (Å²) in [7, 11) is 0. The number of nitrogens with one attached hydrogen (secondary N) is 2. The number of hydrogen-bond donors (Lipinski definition) is 2. The molecular weight excluding hydrogens is 223 g/mol. The fourth-order valence-electron chi connectivity index (χ4n) is 1.08. The quantitative estimate of drug-likeness (QED) is 0.305. The van der Waals surface area contributed by atoms with E-state index in [1.54, 1.807) is 6.19 Å². The van der Waals surface area contributed by atoms with Gasteiger partial charge >= 0.3 is 29.6 Å². The van der Waals surface area contributed by atoms with Crippen LogP contribution in [-0.4, -0.2) is 15.9 Å². The Bertz CT molecular complexity index is 491. The van der Waals surface area contributed by atoms with Gasteiger partial charge in [-0.05, 0) is 6.92 Å². The molecule has 0 spiro atoms. The summed E-state index contributed by atoms with van der Waals surface area (Å²) >= 11 is 0. The fraction of sp³-hybridized carbons (Fsp3) is 0.250. The fourth-order valence-corrected chi connectivity index (χ4v) is 1.08. The van der Waals surface area contributed by atoms with Crippen molar-refractivity contribution in [2.45, 2.75) is 13.3 Å². The molecule has 0 bridgehead atoms. The van der Waals surface area contributed by atoms with Crippen LogP contribution in [-0.2, 0) is 11.2 Å². The van der Waals surface area contributed by atoms with Crippen molar-refractivity contribution in [3.8, 4) is 6.19 Å². The van der Waals surface area contributed by atoms with Crippen LogP contribution < -0.4 is 45.5 Å². The van der Waals surface area contributed by atoms with Crippen LogP contribution in [0.1, 0.15) is 11.3 Å². The van der Waals surface area contributed by atoms with Gasteiger partial charge < -0.3 is 9.90 Å². The Morgan fingerprint density at radius 2 is 2.31 bits per heavy atom. The third-order valence-corrected chi connectivity index (χ3v) is 1.72. The largest absolute Gasteiger partial charge is 1.00 e. The molecular formula is C8H7N4NaO3. The van der Waals surface area contributed by atoms with E-state index in [0.29, 0.717) is 0 Å². The van der Waals surface area contributed by atoms with E-state index in [4.69, 9.17) is 5.26 Å². The zero-order valence-corrected chi connectivity index (χ0v) is 10.8. The number of aromatic nitrogens is 2. The van der Waals surface area contributed by atoms with Crippen molar-refractivity contribution in [1.29, 1.82) is 5.26 Å². The molecule has 0 saturated heterocycles. The zero-order chi connectivity index (χ0) is 11.4. The molecule has 0 fully saturated rings. The molecule has 2 N–H and O–H groups in total. The molecule has 0 aliphatic heterocycles. The number of aromatic amines is 1. The second kappa shape index (κ2) is 6.27. The molecule has 8 heteroatoms. The number of aliphatic carboxylic acids is 1. The van der Waals surface area contributed by atoms with Crippen LogP contribution in [0.15, 0.2) is 4.79 Å². The number of anilines is 1. The second-order valence-electron chi connectivity index (χ2n) is 2.76. The van der Waals surface area contributed by atoms with Crippen LogP contribution in [0, 0.1) is 18.4 Å². The number of carboxylic acid groups (broad SMARTS) is 1. The first kappa shape index (κ1) is 14.6. The van der Waals surface area contributed by atoms with Crippen molar-refractivity contribution in [2.24, 2.45) is 0 Å². The molecule has 1 rings (SSSR count). The van der Waals surface area contributed by atoms with Gasteiger partial charge in [0.2, 0.25) is 5.95 Å². The van der Waals surface area contributed by atoms with Gasteiger partial charge in [-0.15, -0.1) is 0 Å². The number of carboxylic acids is 1. The molecule has 16 heavy (non-hydrogen) atoms. The minimum absolute atomic E-state index is 0. The Morgan fingerprint density at radius 3 is 2.75 bits per heavy atom. The van der Waals surface area contributed by atoms with Gasteiger partial charge in [0, 0.05) is 18.0 Å². The molecule has 1 heterocycles. The number of carbonyl (C=O) groups excluding carboxylic acids is 1. The average molecular weight is 230 g/mol. The van der Waals surface area contributed by atoms with Gasteiger partial charge in [0.15, 0.2) is 6.19 Å². The summed E-state index contributed by atoms with van der Waals surface area (Å²) in [4.78, 5) is 27.7. The molecule has 1 aromatic rings. The van der Waals surface area contributed by atoms with Crippen molar-refractivity contribution in [3.05, 3.63) is 21.6 Å². The predicted molar refractivity (Wildman–Crippen MR) is 47.5 cm³/mol. The third-order valence-electron chi connectivity index (χ3n) is 1.72. The van der Waals surface area contributed by atoms with Gasteiger partial charge in [-0.3, -0.25) is 15.1 Å². The molecule has 0 radical (unpaired) electrons. The minimum Gasteiger partial charge on any atom is -0.550 e. The molecule has 0 saturated carbocycles. The van der Waals surface area contributed by atoms with Crippen molar-refractivity contribution < 1.29 is 39.5 Å². The number of aryl methyl sites for hydroxylation is 1. The summed E-state index contributed by atoms with van der Waals surface area (Å²) in [6.45, 7) is 1.48. The summed E-state index contributed by atoms with van der Waals surface area (Å²) in [6.07, 6.45) is 1.09. The van der Waals surface area contributed by atoms with Gasteiger partial charge in [0.25, 0.3) is 5.56 Å². The van der Waals surface area contributed by atoms with Gasteiger partial charge in [-0.2, -0.15) is 5.26 Å². The smallest absolute Gasteiger partial charge is 0.550 e. The summed E-state index contributed by atoms with van der Waals surface area (Å²) in [5, 5.41) is 20.8. The zero-order valence-electron chi connectivity index (χ0n) is 8.83. The van der Waals surface area contributed by atoms with Crippen LogP contribution in [0.2, 0.25) is 0 Å². The summed E-state index contributed by atoms with van der Waals surface area (Å²) in [6, 6.07) is 0. The van der Waals surface area contributed by atoms with Crippen molar-refractivity contribution in [2.75, 3.05) is 5.32 Å². The first-order valence-electron chi connectivity index (χ1n) is 3.99. The first-order valence-corrected chi connectivity index (χ1v) is 3.99. The number of rotatable bonds is 3. The number of hydrogen-bond acceptors (Lipinski definition) is 6. The van der Waals surface area contributed by atoms with Crippen LogP contribution in [0.5, 0.6) is 0 Å². The number of nitrogens with zero attached hydrogens (tertiary/aromatic N) is 2. The van der Waals surface area contributed by atoms with Gasteiger partial charge in [0.05, 0.1) is 5.69 Å². The Morgan fingerprint density at radius 1 is 1.69 bits per heavy atom. The van der Waals surface area contributed by atoms with Gasteiger partial charge in [-0.25, -0.2) is 4.98 Å². The maximum Gasteiger partial charge on any atom is 1.00 e. The SMILES string of the molecule is Cc1nc(NC#N)[nH]c(=O)c1CC(=O)[O-].[Na+]. The van der Waals surface area contributed by atoms with Crippen molar-refractivity contribution in [3.63, 3.8) is 0 Å². The van der Waals surface area contributed by atoms with E-state index >= 15 is 0 Å². The maximum absolute atomic E-state index is 11.3. The predicted octanol–water partition coefficient (Wildman–Crippen LogP) is -4.73. The third kappa shape index (κ3) is 3.66. The second-order valence-corrected chi connectivity index (χ2v) is 2.76. The molecule has 0 aliphatic carbocycles. The monoisotopic (exact) mass is 230 g/mol. The Kier molecular flexibility index (Phi) is 5.74. The number of H-pyrrole nitrogens is 1. The van der Waals surface area contributed by atoms with Crippen LogP contribution in [0.4, 0.5) is 5.95 Å². The van der Waals surface area contributed by atoms with Crippen molar-refractivity contribution in [1.82, 2.24) is 9.97 Å².